The molecule has 20 heavy (non-hydrogen) atoms. The highest BCUT2D eigenvalue weighted by Crippen LogP contribution is 2.24. The molecule has 0 saturated carbocycles. The van der Waals surface area contributed by atoms with Crippen LogP contribution in [-0.2, 0) is 17.9 Å². The largest absolute Gasteiger partial charge is 0.357 e. The third-order valence-electron chi connectivity index (χ3n) is 3.66. The molecule has 2 aromatic heterocycles. The minimum Gasteiger partial charge on any atom is -0.357 e. The second-order valence-electron chi connectivity index (χ2n) is 4.95. The van der Waals surface area contributed by atoms with Crippen molar-refractivity contribution in [3.8, 4) is 0 Å². The van der Waals surface area contributed by atoms with Crippen LogP contribution in [-0.4, -0.2) is 38.9 Å². The average Bonchev–Trinajstić information content (AvgIpc) is 3.06. The fourth-order valence-electron chi connectivity index (χ4n) is 2.54. The molecule has 0 spiro atoms. The van der Waals surface area contributed by atoms with Gasteiger partial charge in [0.25, 0.3) is 0 Å². The Morgan fingerprint density at radius 3 is 3.15 bits per heavy atom. The van der Waals surface area contributed by atoms with Gasteiger partial charge < -0.3 is 9.88 Å². The molecule has 0 bridgehead atoms. The van der Waals surface area contributed by atoms with Crippen LogP contribution in [0.4, 0.5) is 0 Å². The van der Waals surface area contributed by atoms with Crippen LogP contribution in [0.1, 0.15) is 22.3 Å². The Labute approximate surface area is 121 Å². The molecule has 1 unspecified atom stereocenters. The number of likely N-dealkylation sites (N-methyl/N-ethyl adjacent to an activating group) is 1. The van der Waals surface area contributed by atoms with E-state index in [-0.39, 0.29) is 11.9 Å². The van der Waals surface area contributed by atoms with E-state index in [1.807, 2.05) is 23.2 Å². The van der Waals surface area contributed by atoms with Crippen molar-refractivity contribution in [1.82, 2.24) is 24.8 Å². The van der Waals surface area contributed by atoms with Crippen LogP contribution in [0.5, 0.6) is 0 Å². The van der Waals surface area contributed by atoms with Crippen LogP contribution in [0.2, 0.25) is 0 Å². The van der Waals surface area contributed by atoms with Crippen molar-refractivity contribution < 1.29 is 4.79 Å². The lowest BCUT2D eigenvalue weighted by atomic mass is 10.1. The highest BCUT2D eigenvalue weighted by molar-refractivity contribution is 7.09. The predicted octanol–water partition coefficient (Wildman–Crippen LogP) is 0.951. The third-order valence-corrected chi connectivity index (χ3v) is 4.58. The molecule has 0 saturated heterocycles. The van der Waals surface area contributed by atoms with E-state index in [4.69, 9.17) is 0 Å². The van der Waals surface area contributed by atoms with Gasteiger partial charge in [0.1, 0.15) is 6.04 Å². The predicted molar refractivity (Wildman–Crippen MR) is 76.3 cm³/mol. The van der Waals surface area contributed by atoms with Gasteiger partial charge in [0.05, 0.1) is 23.2 Å². The van der Waals surface area contributed by atoms with Crippen molar-refractivity contribution in [3.63, 3.8) is 0 Å². The number of nitrogens with zero attached hydrogens (tertiary/aromatic N) is 4. The van der Waals surface area contributed by atoms with Crippen molar-refractivity contribution in [1.29, 1.82) is 0 Å². The summed E-state index contributed by atoms with van der Waals surface area (Å²) in [6.45, 7) is 4.36. The highest BCUT2D eigenvalue weighted by Gasteiger charge is 2.29. The molecule has 0 radical (unpaired) electrons. The molecule has 1 amide bonds. The minimum atomic E-state index is -0.209. The summed E-state index contributed by atoms with van der Waals surface area (Å²) < 4.78 is 1.97. The zero-order valence-electron chi connectivity index (χ0n) is 11.5. The molecule has 0 aromatic carbocycles. The number of nitrogens with one attached hydrogen (secondary N) is 1. The Bertz CT molecular complexity index is 620. The number of imidazole rings is 1. The van der Waals surface area contributed by atoms with E-state index in [0.717, 1.165) is 24.5 Å². The number of aromatic nitrogens is 3. The van der Waals surface area contributed by atoms with E-state index in [2.05, 4.69) is 20.2 Å². The second kappa shape index (κ2) is 5.34. The first-order valence-corrected chi connectivity index (χ1v) is 7.40. The molecule has 1 N–H and O–H groups in total. The van der Waals surface area contributed by atoms with Crippen LogP contribution in [0.3, 0.4) is 0 Å². The Kier molecular flexibility index (Phi) is 3.54. The molecule has 3 rings (SSSR count). The number of rotatable bonds is 3. The quantitative estimate of drug-likeness (QED) is 0.914. The van der Waals surface area contributed by atoms with E-state index in [1.165, 1.54) is 4.88 Å². The Morgan fingerprint density at radius 1 is 1.60 bits per heavy atom. The molecule has 3 heterocycles. The summed E-state index contributed by atoms with van der Waals surface area (Å²) in [5.74, 6) is 0.0231. The zero-order valence-corrected chi connectivity index (χ0v) is 12.4. The second-order valence-corrected chi connectivity index (χ2v) is 5.89. The van der Waals surface area contributed by atoms with Gasteiger partial charge in [0, 0.05) is 37.8 Å². The number of fused-ring (bicyclic) bond motifs is 1. The fraction of sp³-hybridized carbons (Fsp3) is 0.462. The molecule has 1 atom stereocenters. The van der Waals surface area contributed by atoms with Crippen LogP contribution in [0, 0.1) is 6.92 Å². The summed E-state index contributed by atoms with van der Waals surface area (Å²) in [6.07, 6.45) is 3.58. The summed E-state index contributed by atoms with van der Waals surface area (Å²) >= 11 is 1.67. The molecule has 7 heteroatoms. The van der Waals surface area contributed by atoms with Gasteiger partial charge >= 0.3 is 0 Å². The number of carbonyl (C=O) groups excluding carboxylic acids is 1. The zero-order chi connectivity index (χ0) is 14.1. The standard InChI is InChI=1S/C13H17N5OS/c1-9-12(20-8-16-9)6-17-4-10-3-15-7-18(10)11(5-17)13(19)14-2/h3,7-8,11H,4-6H2,1-2H3,(H,14,19). The Balaban J connectivity index is 1.82. The number of thiazole rings is 1. The number of hydrogen-bond donors (Lipinski definition) is 1. The van der Waals surface area contributed by atoms with E-state index >= 15 is 0 Å². The van der Waals surface area contributed by atoms with E-state index in [0.29, 0.717) is 6.54 Å². The van der Waals surface area contributed by atoms with Crippen molar-refractivity contribution in [2.45, 2.75) is 26.1 Å². The maximum Gasteiger partial charge on any atom is 0.244 e. The molecule has 1 aliphatic rings. The van der Waals surface area contributed by atoms with Gasteiger partial charge in [-0.25, -0.2) is 9.97 Å². The number of hydrogen-bond acceptors (Lipinski definition) is 5. The van der Waals surface area contributed by atoms with Gasteiger partial charge in [-0.15, -0.1) is 11.3 Å². The van der Waals surface area contributed by atoms with Crippen molar-refractivity contribution in [2.24, 2.45) is 0 Å². The first-order valence-electron chi connectivity index (χ1n) is 6.52. The number of aryl methyl sites for hydroxylation is 1. The maximum atomic E-state index is 12.0. The smallest absolute Gasteiger partial charge is 0.244 e. The third kappa shape index (κ3) is 2.34. The molecule has 0 fully saturated rings. The van der Waals surface area contributed by atoms with Gasteiger partial charge in [0.2, 0.25) is 5.91 Å². The van der Waals surface area contributed by atoms with Crippen molar-refractivity contribution >= 4 is 17.2 Å². The van der Waals surface area contributed by atoms with Gasteiger partial charge in [-0.3, -0.25) is 9.69 Å². The lowest BCUT2D eigenvalue weighted by molar-refractivity contribution is -0.125. The fourth-order valence-corrected chi connectivity index (χ4v) is 3.36. The SMILES string of the molecule is CNC(=O)C1CN(Cc2scnc2C)Cc2cncn21. The molecule has 6 nitrogen and oxygen atoms in total. The van der Waals surface area contributed by atoms with Gasteiger partial charge in [0.15, 0.2) is 0 Å². The first kappa shape index (κ1) is 13.3. The monoisotopic (exact) mass is 291 g/mol. The van der Waals surface area contributed by atoms with Gasteiger partial charge in [-0.1, -0.05) is 0 Å². The highest BCUT2D eigenvalue weighted by atomic mass is 32.1. The molecule has 2 aromatic rings. The number of amides is 1. The Hall–Kier alpha value is -1.73. The minimum absolute atomic E-state index is 0.0231. The lowest BCUT2D eigenvalue weighted by Crippen LogP contribution is -2.43. The van der Waals surface area contributed by atoms with E-state index < -0.39 is 0 Å². The summed E-state index contributed by atoms with van der Waals surface area (Å²) in [4.78, 5) is 24.0. The topological polar surface area (TPSA) is 63.1 Å². The summed E-state index contributed by atoms with van der Waals surface area (Å²) in [5, 5.41) is 2.73. The first-order chi connectivity index (χ1) is 9.69. The van der Waals surface area contributed by atoms with Gasteiger partial charge in [-0.05, 0) is 6.92 Å². The summed E-state index contributed by atoms with van der Waals surface area (Å²) in [7, 11) is 1.67. The van der Waals surface area contributed by atoms with Crippen LogP contribution >= 0.6 is 11.3 Å². The normalized spacial score (nSPS) is 18.8. The number of carbonyl (C=O) groups is 1. The summed E-state index contributed by atoms with van der Waals surface area (Å²) in [5.41, 5.74) is 4.02. The molecule has 1 aliphatic heterocycles. The summed E-state index contributed by atoms with van der Waals surface area (Å²) in [6, 6.07) is -0.209. The van der Waals surface area contributed by atoms with Crippen molar-refractivity contribution in [2.75, 3.05) is 13.6 Å². The van der Waals surface area contributed by atoms with Crippen LogP contribution in [0.15, 0.2) is 18.0 Å². The maximum absolute atomic E-state index is 12.0. The average molecular weight is 291 g/mol. The van der Waals surface area contributed by atoms with Crippen LogP contribution in [0.25, 0.3) is 0 Å². The van der Waals surface area contributed by atoms with Crippen molar-refractivity contribution in [3.05, 3.63) is 34.3 Å². The molecular formula is C13H17N5OS. The lowest BCUT2D eigenvalue weighted by Gasteiger charge is -2.33. The van der Waals surface area contributed by atoms with E-state index in [1.54, 1.807) is 24.7 Å². The van der Waals surface area contributed by atoms with E-state index in [9.17, 15) is 4.79 Å². The molecule has 0 aliphatic carbocycles. The molecular weight excluding hydrogens is 274 g/mol. The Morgan fingerprint density at radius 2 is 2.45 bits per heavy atom. The molecule has 106 valence electrons. The van der Waals surface area contributed by atoms with Gasteiger partial charge in [-0.2, -0.15) is 0 Å². The van der Waals surface area contributed by atoms with Crippen LogP contribution < -0.4 is 5.32 Å².